The summed E-state index contributed by atoms with van der Waals surface area (Å²) >= 11 is 0. The van der Waals surface area contributed by atoms with Gasteiger partial charge in [0.25, 0.3) is 0 Å². The molecule has 4 heteroatoms. The first-order valence-electron chi connectivity index (χ1n) is 7.06. The summed E-state index contributed by atoms with van der Waals surface area (Å²) in [4.78, 5) is 11.2. The molecule has 2 aliphatic carbocycles. The first kappa shape index (κ1) is 13.0. The maximum Gasteiger partial charge on any atom is 0.163 e. The number of ketones is 1. The van der Waals surface area contributed by atoms with Gasteiger partial charge in [0, 0.05) is 29.9 Å². The van der Waals surface area contributed by atoms with Crippen molar-refractivity contribution >= 4 is 11.5 Å². The smallest absolute Gasteiger partial charge is 0.163 e. The molecule has 20 heavy (non-hydrogen) atoms. The molecule has 2 aliphatic rings. The molecule has 0 atom stereocenters. The highest BCUT2D eigenvalue weighted by atomic mass is 16.5. The zero-order valence-electron chi connectivity index (χ0n) is 11.6. The predicted molar refractivity (Wildman–Crippen MR) is 77.2 cm³/mol. The van der Waals surface area contributed by atoms with Crippen LogP contribution < -0.4 is 14.8 Å². The summed E-state index contributed by atoms with van der Waals surface area (Å²) in [6.45, 7) is 0.751. The van der Waals surface area contributed by atoms with Crippen LogP contribution in [0.5, 0.6) is 11.5 Å². The highest BCUT2D eigenvalue weighted by Crippen LogP contribution is 2.34. The lowest BCUT2D eigenvalue weighted by Gasteiger charge is -2.13. The number of carbonyl (C=O) groups excluding carboxylic acids is 1. The average Bonchev–Trinajstić information content (AvgIpc) is 3.19. The van der Waals surface area contributed by atoms with Crippen molar-refractivity contribution in [2.45, 2.75) is 25.7 Å². The molecule has 1 aromatic rings. The molecule has 0 heterocycles. The second-order valence-corrected chi connectivity index (χ2v) is 5.38. The predicted octanol–water partition coefficient (Wildman–Crippen LogP) is 3.14. The molecule has 0 aromatic heterocycles. The molecule has 0 unspecified atom stereocenters. The van der Waals surface area contributed by atoms with E-state index in [1.165, 1.54) is 12.8 Å². The van der Waals surface area contributed by atoms with Crippen molar-refractivity contribution in [3.8, 4) is 11.5 Å². The third-order valence-electron chi connectivity index (χ3n) is 3.62. The van der Waals surface area contributed by atoms with Crippen LogP contribution in [0.2, 0.25) is 0 Å². The SMILES string of the molecule is COc1ccc(NC2=CC(=O)CC2)cc1OCC1CC1. The van der Waals surface area contributed by atoms with Crippen molar-refractivity contribution < 1.29 is 14.3 Å². The summed E-state index contributed by atoms with van der Waals surface area (Å²) < 4.78 is 11.1. The number of nitrogens with one attached hydrogen (secondary N) is 1. The molecule has 0 amide bonds. The van der Waals surface area contributed by atoms with Gasteiger partial charge in [-0.15, -0.1) is 0 Å². The van der Waals surface area contributed by atoms with E-state index in [9.17, 15) is 4.79 Å². The molecule has 3 rings (SSSR count). The Bertz CT molecular complexity index is 547. The summed E-state index contributed by atoms with van der Waals surface area (Å²) in [6.07, 6.45) is 5.58. The van der Waals surface area contributed by atoms with Gasteiger partial charge in [0.2, 0.25) is 0 Å². The van der Waals surface area contributed by atoms with Crippen LogP contribution in [-0.4, -0.2) is 19.5 Å². The fourth-order valence-corrected chi connectivity index (χ4v) is 2.24. The topological polar surface area (TPSA) is 47.6 Å². The molecule has 1 N–H and O–H groups in total. The van der Waals surface area contributed by atoms with Crippen molar-refractivity contribution in [2.24, 2.45) is 5.92 Å². The van der Waals surface area contributed by atoms with Crippen molar-refractivity contribution in [3.63, 3.8) is 0 Å². The second kappa shape index (κ2) is 5.57. The highest BCUT2D eigenvalue weighted by molar-refractivity contribution is 5.93. The number of anilines is 1. The summed E-state index contributed by atoms with van der Waals surface area (Å²) in [6, 6.07) is 5.76. The van der Waals surface area contributed by atoms with E-state index in [1.807, 2.05) is 18.2 Å². The summed E-state index contributed by atoms with van der Waals surface area (Å²) in [5.41, 5.74) is 1.89. The number of hydrogen-bond acceptors (Lipinski definition) is 4. The zero-order chi connectivity index (χ0) is 13.9. The molecule has 106 valence electrons. The molecule has 0 spiro atoms. The van der Waals surface area contributed by atoms with Gasteiger partial charge in [-0.05, 0) is 37.3 Å². The Hall–Kier alpha value is -1.97. The van der Waals surface area contributed by atoms with Crippen LogP contribution in [-0.2, 0) is 4.79 Å². The number of benzene rings is 1. The first-order chi connectivity index (χ1) is 9.74. The van der Waals surface area contributed by atoms with Crippen LogP contribution in [0, 0.1) is 5.92 Å². The van der Waals surface area contributed by atoms with Gasteiger partial charge >= 0.3 is 0 Å². The van der Waals surface area contributed by atoms with E-state index in [0.717, 1.165) is 35.9 Å². The molecule has 0 bridgehead atoms. The fraction of sp³-hybridized carbons (Fsp3) is 0.438. The van der Waals surface area contributed by atoms with E-state index in [2.05, 4.69) is 5.32 Å². The van der Waals surface area contributed by atoms with E-state index in [1.54, 1.807) is 13.2 Å². The van der Waals surface area contributed by atoms with Crippen molar-refractivity contribution in [1.82, 2.24) is 0 Å². The molecule has 0 saturated heterocycles. The Kier molecular flexibility index (Phi) is 3.63. The van der Waals surface area contributed by atoms with Gasteiger partial charge in [-0.2, -0.15) is 0 Å². The van der Waals surface area contributed by atoms with Gasteiger partial charge < -0.3 is 14.8 Å². The maximum atomic E-state index is 11.2. The number of hydrogen-bond donors (Lipinski definition) is 1. The number of carbonyl (C=O) groups is 1. The lowest BCUT2D eigenvalue weighted by molar-refractivity contribution is -0.114. The van der Waals surface area contributed by atoms with Gasteiger partial charge in [-0.3, -0.25) is 4.79 Å². The third kappa shape index (κ3) is 3.13. The largest absolute Gasteiger partial charge is 0.493 e. The van der Waals surface area contributed by atoms with Gasteiger partial charge in [0.05, 0.1) is 13.7 Å². The van der Waals surface area contributed by atoms with Crippen LogP contribution >= 0.6 is 0 Å². The molecule has 4 nitrogen and oxygen atoms in total. The number of rotatable bonds is 6. The van der Waals surface area contributed by atoms with Crippen molar-refractivity contribution in [1.29, 1.82) is 0 Å². The Morgan fingerprint density at radius 1 is 1.25 bits per heavy atom. The normalized spacial score (nSPS) is 17.9. The standard InChI is InChI=1S/C16H19NO3/c1-19-15-7-5-13(17-12-4-6-14(18)8-12)9-16(15)20-10-11-2-3-11/h5,7-9,11,17H,2-4,6,10H2,1H3. The molecular formula is C16H19NO3. The van der Waals surface area contributed by atoms with Crippen LogP contribution in [0.15, 0.2) is 30.0 Å². The number of allylic oxidation sites excluding steroid dienone is 2. The Labute approximate surface area is 118 Å². The van der Waals surface area contributed by atoms with Gasteiger partial charge in [0.1, 0.15) is 0 Å². The molecule has 0 aliphatic heterocycles. The van der Waals surface area contributed by atoms with E-state index >= 15 is 0 Å². The number of ether oxygens (including phenoxy) is 2. The third-order valence-corrected chi connectivity index (χ3v) is 3.62. The minimum absolute atomic E-state index is 0.186. The van der Waals surface area contributed by atoms with E-state index in [-0.39, 0.29) is 5.78 Å². The van der Waals surface area contributed by atoms with Crippen LogP contribution in [0.1, 0.15) is 25.7 Å². The lowest BCUT2D eigenvalue weighted by Crippen LogP contribution is -2.02. The van der Waals surface area contributed by atoms with Crippen LogP contribution in [0.3, 0.4) is 0 Å². The number of methoxy groups -OCH3 is 1. The first-order valence-corrected chi connectivity index (χ1v) is 7.06. The lowest BCUT2D eigenvalue weighted by atomic mass is 10.2. The monoisotopic (exact) mass is 273 g/mol. The van der Waals surface area contributed by atoms with E-state index in [0.29, 0.717) is 12.3 Å². The van der Waals surface area contributed by atoms with Crippen LogP contribution in [0.4, 0.5) is 5.69 Å². The van der Waals surface area contributed by atoms with Gasteiger partial charge in [-0.1, -0.05) is 0 Å². The quantitative estimate of drug-likeness (QED) is 0.865. The van der Waals surface area contributed by atoms with Crippen LogP contribution in [0.25, 0.3) is 0 Å². The van der Waals surface area contributed by atoms with E-state index < -0.39 is 0 Å². The average molecular weight is 273 g/mol. The Balaban J connectivity index is 1.72. The zero-order valence-corrected chi connectivity index (χ0v) is 11.6. The fourth-order valence-electron chi connectivity index (χ4n) is 2.24. The summed E-state index contributed by atoms with van der Waals surface area (Å²) in [5.74, 6) is 2.39. The van der Waals surface area contributed by atoms with Crippen molar-refractivity contribution in [3.05, 3.63) is 30.0 Å². The maximum absolute atomic E-state index is 11.2. The summed E-state index contributed by atoms with van der Waals surface area (Å²) in [7, 11) is 1.64. The molecule has 1 saturated carbocycles. The molecule has 1 fully saturated rings. The summed E-state index contributed by atoms with van der Waals surface area (Å²) in [5, 5.41) is 3.27. The molecule has 1 aromatic carbocycles. The van der Waals surface area contributed by atoms with Gasteiger partial charge in [0.15, 0.2) is 17.3 Å². The van der Waals surface area contributed by atoms with Crippen molar-refractivity contribution in [2.75, 3.05) is 19.0 Å². The Morgan fingerprint density at radius 2 is 2.10 bits per heavy atom. The minimum atomic E-state index is 0.186. The molecular weight excluding hydrogens is 254 g/mol. The molecule has 0 radical (unpaired) electrons. The van der Waals surface area contributed by atoms with E-state index in [4.69, 9.17) is 9.47 Å². The second-order valence-electron chi connectivity index (χ2n) is 5.38. The highest BCUT2D eigenvalue weighted by Gasteiger charge is 2.22. The Morgan fingerprint density at radius 3 is 2.75 bits per heavy atom. The van der Waals surface area contributed by atoms with Gasteiger partial charge in [-0.25, -0.2) is 0 Å². The minimum Gasteiger partial charge on any atom is -0.493 e.